The summed E-state index contributed by atoms with van der Waals surface area (Å²) in [5, 5.41) is 11.8. The Hall–Kier alpha value is -2.24. The number of amides is 1. The van der Waals surface area contributed by atoms with Crippen molar-refractivity contribution in [2.24, 2.45) is 0 Å². The van der Waals surface area contributed by atoms with Crippen LogP contribution in [0.1, 0.15) is 23.7 Å². The van der Waals surface area contributed by atoms with Gasteiger partial charge in [-0.2, -0.15) is 0 Å². The Morgan fingerprint density at radius 1 is 1.42 bits per heavy atom. The van der Waals surface area contributed by atoms with Gasteiger partial charge in [-0.15, -0.1) is 0 Å². The van der Waals surface area contributed by atoms with Crippen LogP contribution in [0.15, 0.2) is 18.2 Å². The van der Waals surface area contributed by atoms with E-state index in [1.807, 2.05) is 6.92 Å². The van der Waals surface area contributed by atoms with Gasteiger partial charge in [0, 0.05) is 32.2 Å². The van der Waals surface area contributed by atoms with E-state index in [9.17, 15) is 9.59 Å². The van der Waals surface area contributed by atoms with Crippen molar-refractivity contribution in [2.45, 2.75) is 13.3 Å². The first-order chi connectivity index (χ1) is 8.95. The van der Waals surface area contributed by atoms with Crippen molar-refractivity contribution >= 4 is 23.3 Å². The number of carboxylic acids is 1. The van der Waals surface area contributed by atoms with Crippen molar-refractivity contribution in [1.82, 2.24) is 5.32 Å². The molecule has 0 heterocycles. The Kier molecular flexibility index (Phi) is 5.17. The molecule has 0 unspecified atom stereocenters. The number of rotatable bonds is 6. The third kappa shape index (κ3) is 4.17. The van der Waals surface area contributed by atoms with Crippen molar-refractivity contribution in [3.63, 3.8) is 0 Å². The van der Waals surface area contributed by atoms with Crippen LogP contribution in [-0.4, -0.2) is 37.1 Å². The number of carbonyl (C=O) groups excluding carboxylic acids is 1. The SMILES string of the molecule is CCNC(=O)CCN(C)c1ccc(N)cc1C(=O)O. The number of nitrogens with one attached hydrogen (secondary N) is 1. The molecular formula is C13H19N3O3. The fourth-order valence-electron chi connectivity index (χ4n) is 1.73. The van der Waals surface area contributed by atoms with Crippen LogP contribution in [0.5, 0.6) is 0 Å². The second kappa shape index (κ2) is 6.63. The van der Waals surface area contributed by atoms with Crippen LogP contribution in [0.3, 0.4) is 0 Å². The lowest BCUT2D eigenvalue weighted by molar-refractivity contribution is -0.120. The van der Waals surface area contributed by atoms with Gasteiger partial charge in [-0.3, -0.25) is 4.79 Å². The molecule has 0 aliphatic rings. The number of benzene rings is 1. The molecule has 0 fully saturated rings. The Morgan fingerprint density at radius 3 is 2.68 bits per heavy atom. The van der Waals surface area contributed by atoms with E-state index in [2.05, 4.69) is 5.32 Å². The number of hydrogen-bond acceptors (Lipinski definition) is 4. The van der Waals surface area contributed by atoms with E-state index in [4.69, 9.17) is 10.8 Å². The molecule has 19 heavy (non-hydrogen) atoms. The highest BCUT2D eigenvalue weighted by Gasteiger charge is 2.14. The average Bonchev–Trinajstić information content (AvgIpc) is 2.36. The molecule has 1 amide bonds. The smallest absolute Gasteiger partial charge is 0.337 e. The van der Waals surface area contributed by atoms with Crippen molar-refractivity contribution < 1.29 is 14.7 Å². The first-order valence-corrected chi connectivity index (χ1v) is 6.06. The maximum absolute atomic E-state index is 11.4. The molecule has 1 rings (SSSR count). The summed E-state index contributed by atoms with van der Waals surface area (Å²) < 4.78 is 0. The van der Waals surface area contributed by atoms with E-state index in [0.29, 0.717) is 30.9 Å². The molecule has 0 saturated heterocycles. The number of carbonyl (C=O) groups is 2. The Balaban J connectivity index is 2.79. The molecule has 0 atom stereocenters. The van der Waals surface area contributed by atoms with Gasteiger partial charge in [0.05, 0.1) is 11.3 Å². The Labute approximate surface area is 112 Å². The van der Waals surface area contributed by atoms with Gasteiger partial charge < -0.3 is 21.1 Å². The maximum atomic E-state index is 11.4. The van der Waals surface area contributed by atoms with Gasteiger partial charge in [0.1, 0.15) is 0 Å². The summed E-state index contributed by atoms with van der Waals surface area (Å²) in [6.07, 6.45) is 0.313. The van der Waals surface area contributed by atoms with Gasteiger partial charge in [-0.05, 0) is 25.1 Å². The van der Waals surface area contributed by atoms with Crippen LogP contribution in [0.2, 0.25) is 0 Å². The van der Waals surface area contributed by atoms with Crippen LogP contribution in [-0.2, 0) is 4.79 Å². The highest BCUT2D eigenvalue weighted by molar-refractivity contribution is 5.95. The molecule has 0 aliphatic heterocycles. The third-order valence-electron chi connectivity index (χ3n) is 2.71. The normalized spacial score (nSPS) is 10.0. The Bertz CT molecular complexity index is 474. The first kappa shape index (κ1) is 14.8. The monoisotopic (exact) mass is 265 g/mol. The Morgan fingerprint density at radius 2 is 2.11 bits per heavy atom. The summed E-state index contributed by atoms with van der Waals surface area (Å²) in [6, 6.07) is 4.71. The van der Waals surface area contributed by atoms with E-state index in [1.54, 1.807) is 24.1 Å². The lowest BCUT2D eigenvalue weighted by atomic mass is 10.1. The van der Waals surface area contributed by atoms with E-state index < -0.39 is 5.97 Å². The minimum atomic E-state index is -1.04. The lowest BCUT2D eigenvalue weighted by Gasteiger charge is -2.21. The van der Waals surface area contributed by atoms with Crippen LogP contribution in [0, 0.1) is 0 Å². The number of hydrogen-bond donors (Lipinski definition) is 3. The van der Waals surface area contributed by atoms with Crippen molar-refractivity contribution in [3.05, 3.63) is 23.8 Å². The van der Waals surface area contributed by atoms with E-state index in [1.165, 1.54) is 6.07 Å². The summed E-state index contributed by atoms with van der Waals surface area (Å²) in [5.74, 6) is -1.09. The van der Waals surface area contributed by atoms with Gasteiger partial charge >= 0.3 is 5.97 Å². The molecule has 0 saturated carbocycles. The van der Waals surface area contributed by atoms with Crippen LogP contribution >= 0.6 is 0 Å². The largest absolute Gasteiger partial charge is 0.478 e. The molecule has 1 aromatic rings. The summed E-state index contributed by atoms with van der Waals surface area (Å²) in [6.45, 7) is 2.88. The number of anilines is 2. The van der Waals surface area contributed by atoms with Gasteiger partial charge in [0.15, 0.2) is 0 Å². The van der Waals surface area contributed by atoms with Gasteiger partial charge in [-0.25, -0.2) is 4.79 Å². The summed E-state index contributed by atoms with van der Waals surface area (Å²) in [5.41, 5.74) is 6.67. The molecule has 0 aliphatic carbocycles. The van der Waals surface area contributed by atoms with Gasteiger partial charge in [-0.1, -0.05) is 0 Å². The molecule has 4 N–H and O–H groups in total. The fourth-order valence-corrected chi connectivity index (χ4v) is 1.73. The minimum Gasteiger partial charge on any atom is -0.478 e. The number of aromatic carboxylic acids is 1. The van der Waals surface area contributed by atoms with Crippen molar-refractivity contribution in [2.75, 3.05) is 30.8 Å². The molecule has 104 valence electrons. The zero-order valence-corrected chi connectivity index (χ0v) is 11.1. The predicted octanol–water partition coefficient (Wildman–Crippen LogP) is 0.929. The van der Waals surface area contributed by atoms with Crippen LogP contribution < -0.4 is 16.0 Å². The van der Waals surface area contributed by atoms with Gasteiger partial charge in [0.25, 0.3) is 0 Å². The molecule has 6 heteroatoms. The minimum absolute atomic E-state index is 0.0540. The third-order valence-corrected chi connectivity index (χ3v) is 2.71. The maximum Gasteiger partial charge on any atom is 0.337 e. The highest BCUT2D eigenvalue weighted by Crippen LogP contribution is 2.22. The summed E-state index contributed by atoms with van der Waals surface area (Å²) in [7, 11) is 1.75. The molecule has 0 aromatic heterocycles. The quantitative estimate of drug-likeness (QED) is 0.665. The standard InChI is InChI=1S/C13H19N3O3/c1-3-15-12(17)6-7-16(2)11-5-4-9(14)8-10(11)13(18)19/h4-5,8H,3,6-7,14H2,1-2H3,(H,15,17)(H,18,19). The topological polar surface area (TPSA) is 95.7 Å². The highest BCUT2D eigenvalue weighted by atomic mass is 16.4. The molecule has 6 nitrogen and oxygen atoms in total. The van der Waals surface area contributed by atoms with E-state index in [0.717, 1.165) is 0 Å². The van der Waals surface area contributed by atoms with E-state index >= 15 is 0 Å². The average molecular weight is 265 g/mol. The first-order valence-electron chi connectivity index (χ1n) is 6.06. The number of nitrogen functional groups attached to an aromatic ring is 1. The van der Waals surface area contributed by atoms with Crippen molar-refractivity contribution in [1.29, 1.82) is 0 Å². The fraction of sp³-hybridized carbons (Fsp3) is 0.385. The summed E-state index contributed by atoms with van der Waals surface area (Å²) >= 11 is 0. The summed E-state index contributed by atoms with van der Waals surface area (Å²) in [4.78, 5) is 24.3. The second-order valence-electron chi connectivity index (χ2n) is 4.21. The number of carboxylic acid groups (broad SMARTS) is 1. The van der Waals surface area contributed by atoms with Crippen LogP contribution in [0.4, 0.5) is 11.4 Å². The molecular weight excluding hydrogens is 246 g/mol. The molecule has 1 aromatic carbocycles. The number of nitrogens with two attached hydrogens (primary N) is 1. The lowest BCUT2D eigenvalue weighted by Crippen LogP contribution is -2.29. The predicted molar refractivity (Wildman–Crippen MR) is 74.4 cm³/mol. The molecule has 0 radical (unpaired) electrons. The van der Waals surface area contributed by atoms with E-state index in [-0.39, 0.29) is 11.5 Å². The zero-order valence-electron chi connectivity index (χ0n) is 11.1. The van der Waals surface area contributed by atoms with Crippen LogP contribution in [0.25, 0.3) is 0 Å². The van der Waals surface area contributed by atoms with Gasteiger partial charge in [0.2, 0.25) is 5.91 Å². The molecule has 0 spiro atoms. The number of nitrogens with zero attached hydrogens (tertiary/aromatic N) is 1. The van der Waals surface area contributed by atoms with Crippen molar-refractivity contribution in [3.8, 4) is 0 Å². The zero-order chi connectivity index (χ0) is 14.4. The molecule has 0 bridgehead atoms. The second-order valence-corrected chi connectivity index (χ2v) is 4.21.